The first-order valence-corrected chi connectivity index (χ1v) is 8.03. The fraction of sp³-hybridized carbons (Fsp3) is 0.467. The van der Waals surface area contributed by atoms with E-state index in [4.69, 9.17) is 17.3 Å². The quantitative estimate of drug-likeness (QED) is 0.738. The predicted octanol–water partition coefficient (Wildman–Crippen LogP) is 2.05. The van der Waals surface area contributed by atoms with Gasteiger partial charge in [-0.3, -0.25) is 4.79 Å². The molecule has 1 unspecified atom stereocenters. The van der Waals surface area contributed by atoms with Crippen LogP contribution in [0.15, 0.2) is 24.3 Å². The van der Waals surface area contributed by atoms with E-state index < -0.39 is 0 Å². The second-order valence-corrected chi connectivity index (χ2v) is 5.73. The summed E-state index contributed by atoms with van der Waals surface area (Å²) in [6.45, 7) is 2.54. The first-order valence-electron chi connectivity index (χ1n) is 7.65. The molecule has 1 aromatic carbocycles. The van der Waals surface area contributed by atoms with E-state index >= 15 is 0 Å². The van der Waals surface area contributed by atoms with Gasteiger partial charge >= 0.3 is 0 Å². The van der Waals surface area contributed by atoms with Crippen molar-refractivity contribution in [3.63, 3.8) is 0 Å². The standard InChI is InChI=1S/C15H21ClN6O.ClH/c1-2-3-4-13(9-17)18-14(23)10-22-20-15(19-21-22)11-5-7-12(16)8-6-11;/h5-8,13H,2-4,9-10,17H2,1H3,(H,18,23);1H. The Hall–Kier alpha value is -1.70. The van der Waals surface area contributed by atoms with Crippen LogP contribution < -0.4 is 11.1 Å². The Bertz CT molecular complexity index is 631. The molecule has 0 fully saturated rings. The third-order valence-electron chi connectivity index (χ3n) is 3.40. The topological polar surface area (TPSA) is 98.7 Å². The summed E-state index contributed by atoms with van der Waals surface area (Å²) in [5.41, 5.74) is 6.47. The molecule has 24 heavy (non-hydrogen) atoms. The van der Waals surface area contributed by atoms with Crippen molar-refractivity contribution in [3.8, 4) is 11.4 Å². The molecule has 0 radical (unpaired) electrons. The van der Waals surface area contributed by atoms with E-state index in [9.17, 15) is 4.79 Å². The maximum atomic E-state index is 12.0. The van der Waals surface area contributed by atoms with Crippen LogP contribution >= 0.6 is 24.0 Å². The number of benzene rings is 1. The minimum atomic E-state index is -0.170. The van der Waals surface area contributed by atoms with Crippen molar-refractivity contribution < 1.29 is 4.79 Å². The van der Waals surface area contributed by atoms with Crippen molar-refractivity contribution in [2.24, 2.45) is 5.73 Å². The summed E-state index contributed by atoms with van der Waals surface area (Å²) >= 11 is 5.85. The number of hydrogen-bond donors (Lipinski definition) is 2. The van der Waals surface area contributed by atoms with Crippen LogP contribution in [0.25, 0.3) is 11.4 Å². The second-order valence-electron chi connectivity index (χ2n) is 5.29. The summed E-state index contributed by atoms with van der Waals surface area (Å²) in [4.78, 5) is 13.3. The maximum absolute atomic E-state index is 12.0. The molecule has 0 saturated heterocycles. The molecular weight excluding hydrogens is 351 g/mol. The molecule has 2 rings (SSSR count). The average molecular weight is 373 g/mol. The predicted molar refractivity (Wildman–Crippen MR) is 96.0 cm³/mol. The minimum absolute atomic E-state index is 0. The minimum Gasteiger partial charge on any atom is -0.350 e. The van der Waals surface area contributed by atoms with Crippen LogP contribution in [-0.4, -0.2) is 38.7 Å². The molecule has 3 N–H and O–H groups in total. The van der Waals surface area contributed by atoms with Crippen LogP contribution in [0.3, 0.4) is 0 Å². The highest BCUT2D eigenvalue weighted by molar-refractivity contribution is 6.30. The molecule has 9 heteroatoms. The molecule has 0 saturated carbocycles. The van der Waals surface area contributed by atoms with Gasteiger partial charge < -0.3 is 11.1 Å². The van der Waals surface area contributed by atoms with Gasteiger partial charge in [0.25, 0.3) is 0 Å². The zero-order chi connectivity index (χ0) is 16.7. The van der Waals surface area contributed by atoms with E-state index in [1.807, 2.05) is 0 Å². The molecule has 0 bridgehead atoms. The van der Waals surface area contributed by atoms with E-state index in [-0.39, 0.29) is 30.9 Å². The second kappa shape index (κ2) is 10.2. The van der Waals surface area contributed by atoms with E-state index in [0.29, 0.717) is 17.4 Å². The van der Waals surface area contributed by atoms with Crippen molar-refractivity contribution in [1.29, 1.82) is 0 Å². The molecule has 7 nitrogen and oxygen atoms in total. The lowest BCUT2D eigenvalue weighted by molar-refractivity contribution is -0.122. The Labute approximate surface area is 152 Å². The van der Waals surface area contributed by atoms with Crippen LogP contribution in [-0.2, 0) is 11.3 Å². The summed E-state index contributed by atoms with van der Waals surface area (Å²) in [6.07, 6.45) is 2.98. The largest absolute Gasteiger partial charge is 0.350 e. The summed E-state index contributed by atoms with van der Waals surface area (Å²) in [5, 5.41) is 15.6. The number of nitrogens with two attached hydrogens (primary N) is 1. The highest BCUT2D eigenvalue weighted by atomic mass is 35.5. The summed E-state index contributed by atoms with van der Waals surface area (Å²) < 4.78 is 0. The number of carbonyl (C=O) groups is 1. The highest BCUT2D eigenvalue weighted by Crippen LogP contribution is 2.16. The van der Waals surface area contributed by atoms with Gasteiger partial charge in [-0.05, 0) is 35.9 Å². The van der Waals surface area contributed by atoms with Gasteiger partial charge in [-0.1, -0.05) is 31.4 Å². The highest BCUT2D eigenvalue weighted by Gasteiger charge is 2.13. The first-order chi connectivity index (χ1) is 11.1. The number of tetrazole rings is 1. The van der Waals surface area contributed by atoms with Gasteiger partial charge in [0.2, 0.25) is 11.7 Å². The number of nitrogens with one attached hydrogen (secondary N) is 1. The monoisotopic (exact) mass is 372 g/mol. The Morgan fingerprint density at radius 1 is 1.38 bits per heavy atom. The lowest BCUT2D eigenvalue weighted by atomic mass is 10.1. The van der Waals surface area contributed by atoms with Gasteiger partial charge in [-0.2, -0.15) is 4.80 Å². The van der Waals surface area contributed by atoms with Gasteiger partial charge in [0.1, 0.15) is 6.54 Å². The van der Waals surface area contributed by atoms with Gasteiger partial charge in [-0.25, -0.2) is 0 Å². The van der Waals surface area contributed by atoms with Crippen LogP contribution in [0.2, 0.25) is 5.02 Å². The number of aromatic nitrogens is 4. The smallest absolute Gasteiger partial charge is 0.243 e. The lowest BCUT2D eigenvalue weighted by Crippen LogP contribution is -2.41. The summed E-state index contributed by atoms with van der Waals surface area (Å²) in [6, 6.07) is 7.10. The molecule has 0 spiro atoms. The van der Waals surface area contributed by atoms with E-state index in [2.05, 4.69) is 27.7 Å². The molecule has 0 aliphatic carbocycles. The van der Waals surface area contributed by atoms with Gasteiger partial charge in [-0.15, -0.1) is 22.6 Å². The van der Waals surface area contributed by atoms with E-state index in [1.54, 1.807) is 24.3 Å². The molecule has 1 aromatic heterocycles. The first kappa shape index (κ1) is 20.3. The third-order valence-corrected chi connectivity index (χ3v) is 3.65. The van der Waals surface area contributed by atoms with Crippen molar-refractivity contribution >= 4 is 29.9 Å². The summed E-state index contributed by atoms with van der Waals surface area (Å²) in [5.74, 6) is 0.285. The van der Waals surface area contributed by atoms with Crippen LogP contribution in [0.1, 0.15) is 26.2 Å². The van der Waals surface area contributed by atoms with Gasteiger partial charge in [0.05, 0.1) is 0 Å². The Balaban J connectivity index is 0.00000288. The van der Waals surface area contributed by atoms with Crippen molar-refractivity contribution in [2.75, 3.05) is 6.54 Å². The fourth-order valence-corrected chi connectivity index (χ4v) is 2.25. The maximum Gasteiger partial charge on any atom is 0.243 e. The van der Waals surface area contributed by atoms with Gasteiger partial charge in [0, 0.05) is 23.2 Å². The molecule has 0 aliphatic rings. The normalized spacial score (nSPS) is 11.6. The zero-order valence-electron chi connectivity index (χ0n) is 13.5. The number of amides is 1. The SMILES string of the molecule is CCCCC(CN)NC(=O)Cn1nnc(-c2ccc(Cl)cc2)n1.Cl. The summed E-state index contributed by atoms with van der Waals surface area (Å²) in [7, 11) is 0. The number of hydrogen-bond acceptors (Lipinski definition) is 5. The van der Waals surface area contributed by atoms with Crippen LogP contribution in [0.4, 0.5) is 0 Å². The number of carbonyl (C=O) groups excluding carboxylic acids is 1. The van der Waals surface area contributed by atoms with Crippen LogP contribution in [0, 0.1) is 0 Å². The Morgan fingerprint density at radius 2 is 2.08 bits per heavy atom. The average Bonchev–Trinajstić information content (AvgIpc) is 3.00. The number of halogens is 2. The van der Waals surface area contributed by atoms with Crippen molar-refractivity contribution in [3.05, 3.63) is 29.3 Å². The Morgan fingerprint density at radius 3 is 2.71 bits per heavy atom. The molecule has 132 valence electrons. The van der Waals surface area contributed by atoms with E-state index in [1.165, 1.54) is 4.80 Å². The molecule has 1 atom stereocenters. The zero-order valence-corrected chi connectivity index (χ0v) is 15.1. The van der Waals surface area contributed by atoms with Crippen molar-refractivity contribution in [1.82, 2.24) is 25.5 Å². The molecule has 0 aliphatic heterocycles. The Kier molecular flexibility index (Phi) is 8.67. The molecular formula is C15H22Cl2N6O. The number of rotatable bonds is 8. The van der Waals surface area contributed by atoms with Gasteiger partial charge in [0.15, 0.2) is 0 Å². The molecule has 1 heterocycles. The molecule has 1 amide bonds. The fourth-order valence-electron chi connectivity index (χ4n) is 2.13. The third kappa shape index (κ3) is 6.07. The van der Waals surface area contributed by atoms with E-state index in [0.717, 1.165) is 24.8 Å². The number of nitrogens with zero attached hydrogens (tertiary/aromatic N) is 4. The van der Waals surface area contributed by atoms with Crippen LogP contribution in [0.5, 0.6) is 0 Å². The lowest BCUT2D eigenvalue weighted by Gasteiger charge is -2.15. The molecule has 2 aromatic rings. The van der Waals surface area contributed by atoms with Crippen molar-refractivity contribution in [2.45, 2.75) is 38.8 Å². The number of unbranched alkanes of at least 4 members (excludes halogenated alkanes) is 1.